The van der Waals surface area contributed by atoms with Crippen LogP contribution in [-0.2, 0) is 65.4 Å². The van der Waals surface area contributed by atoms with Gasteiger partial charge < -0.3 is 33.8 Å². The van der Waals surface area contributed by atoms with Crippen molar-refractivity contribution in [3.63, 3.8) is 0 Å². The zero-order valence-corrected chi connectivity index (χ0v) is 61.3. The van der Waals surface area contributed by atoms with Crippen molar-refractivity contribution in [1.29, 1.82) is 0 Å². The van der Waals surface area contributed by atoms with Crippen molar-refractivity contribution in [2.24, 2.45) is 23.7 Å². The first-order valence-corrected chi connectivity index (χ1v) is 40.2. The van der Waals surface area contributed by atoms with E-state index in [1.54, 1.807) is 0 Å². The summed E-state index contributed by atoms with van der Waals surface area (Å²) in [5, 5.41) is 10.6. The van der Waals surface area contributed by atoms with Crippen LogP contribution in [0.1, 0.15) is 357 Å². The lowest BCUT2D eigenvalue weighted by atomic mass is 9.99. The third kappa shape index (κ3) is 65.1. The van der Waals surface area contributed by atoms with Crippen LogP contribution in [-0.4, -0.2) is 96.7 Å². The minimum absolute atomic E-state index is 0.105. The van der Waals surface area contributed by atoms with Gasteiger partial charge >= 0.3 is 39.5 Å². The van der Waals surface area contributed by atoms with Gasteiger partial charge in [0, 0.05) is 25.7 Å². The lowest BCUT2D eigenvalue weighted by Gasteiger charge is -2.21. The second-order valence-electron chi connectivity index (χ2n) is 27.6. The Kier molecular flexibility index (Phi) is 60.3. The normalized spacial score (nSPS) is 14.5. The number of unbranched alkanes of at least 4 members (excludes halogenated alkanes) is 34. The molecule has 0 heterocycles. The third-order valence-corrected chi connectivity index (χ3v) is 18.8. The summed E-state index contributed by atoms with van der Waals surface area (Å²) in [5.41, 5.74) is 0. The first-order valence-electron chi connectivity index (χ1n) is 37.2. The number of phosphoric acid groups is 2. The molecule has 0 aliphatic heterocycles. The highest BCUT2D eigenvalue weighted by Gasteiger charge is 2.30. The van der Waals surface area contributed by atoms with E-state index in [1.165, 1.54) is 154 Å². The van der Waals surface area contributed by atoms with Crippen molar-refractivity contribution in [2.45, 2.75) is 375 Å². The average Bonchev–Trinajstić information content (AvgIpc) is 2.13. The van der Waals surface area contributed by atoms with Crippen LogP contribution in [0, 0.1) is 23.7 Å². The van der Waals surface area contributed by atoms with Crippen LogP contribution in [0.15, 0.2) is 0 Å². The number of carbonyl (C=O) groups excluding carboxylic acids is 4. The van der Waals surface area contributed by atoms with E-state index in [2.05, 4.69) is 55.4 Å². The van der Waals surface area contributed by atoms with Gasteiger partial charge in [0.1, 0.15) is 19.3 Å². The van der Waals surface area contributed by atoms with E-state index in [0.29, 0.717) is 31.6 Å². The summed E-state index contributed by atoms with van der Waals surface area (Å²) in [5.74, 6) is 0.890. The zero-order chi connectivity index (χ0) is 67.5. The second-order valence-corrected chi connectivity index (χ2v) is 30.6. The number of hydrogen-bond acceptors (Lipinski definition) is 15. The van der Waals surface area contributed by atoms with Crippen LogP contribution in [0.4, 0.5) is 0 Å². The molecule has 0 radical (unpaired) electrons. The molecule has 19 heteroatoms. The molecule has 0 spiro atoms. The van der Waals surface area contributed by atoms with Crippen LogP contribution in [0.25, 0.3) is 0 Å². The molecule has 0 aromatic rings. The Balaban J connectivity index is 5.25. The maximum atomic E-state index is 13.0. The van der Waals surface area contributed by atoms with Crippen LogP contribution in [0.3, 0.4) is 0 Å². The Hall–Kier alpha value is -1.94. The van der Waals surface area contributed by atoms with Gasteiger partial charge in [0.05, 0.1) is 26.4 Å². The Morgan fingerprint density at radius 3 is 0.780 bits per heavy atom. The zero-order valence-electron chi connectivity index (χ0n) is 59.5. The fourth-order valence-electron chi connectivity index (χ4n) is 10.8. The number of carbonyl (C=O) groups is 4. The smallest absolute Gasteiger partial charge is 0.462 e. The first-order chi connectivity index (χ1) is 43.6. The summed E-state index contributed by atoms with van der Waals surface area (Å²) < 4.78 is 68.4. The predicted molar refractivity (Wildman–Crippen MR) is 367 cm³/mol. The molecule has 3 unspecified atom stereocenters. The van der Waals surface area contributed by atoms with E-state index in [-0.39, 0.29) is 25.7 Å². The number of hydrogen-bond donors (Lipinski definition) is 3. The van der Waals surface area contributed by atoms with Gasteiger partial charge in [-0.2, -0.15) is 0 Å². The molecular weight excluding hydrogens is 1200 g/mol. The van der Waals surface area contributed by atoms with Crippen molar-refractivity contribution in [2.75, 3.05) is 39.6 Å². The van der Waals surface area contributed by atoms with Crippen molar-refractivity contribution in [1.82, 2.24) is 0 Å². The third-order valence-electron chi connectivity index (χ3n) is 16.9. The molecule has 0 aromatic heterocycles. The summed E-state index contributed by atoms with van der Waals surface area (Å²) >= 11 is 0. The van der Waals surface area contributed by atoms with Crippen molar-refractivity contribution < 1.29 is 80.2 Å². The molecule has 0 fully saturated rings. The Bertz CT molecular complexity index is 1800. The van der Waals surface area contributed by atoms with Crippen LogP contribution in [0.5, 0.6) is 0 Å². The van der Waals surface area contributed by atoms with E-state index >= 15 is 0 Å². The topological polar surface area (TPSA) is 237 Å². The van der Waals surface area contributed by atoms with E-state index in [9.17, 15) is 43.2 Å². The monoisotopic (exact) mass is 1340 g/mol. The number of aliphatic hydroxyl groups is 1. The molecule has 0 saturated heterocycles. The van der Waals surface area contributed by atoms with E-state index in [0.717, 1.165) is 114 Å². The minimum atomic E-state index is -4.95. The number of esters is 4. The number of ether oxygens (including phenoxy) is 4. The van der Waals surface area contributed by atoms with Crippen LogP contribution < -0.4 is 0 Å². The molecule has 540 valence electrons. The van der Waals surface area contributed by atoms with Gasteiger partial charge in [-0.25, -0.2) is 9.13 Å². The fourth-order valence-corrected chi connectivity index (χ4v) is 12.4. The lowest BCUT2D eigenvalue weighted by molar-refractivity contribution is -0.161. The summed E-state index contributed by atoms with van der Waals surface area (Å²) in [6.45, 7) is 14.1. The van der Waals surface area contributed by atoms with E-state index in [1.807, 2.05) is 0 Å². The highest BCUT2D eigenvalue weighted by atomic mass is 31.2. The lowest BCUT2D eigenvalue weighted by Crippen LogP contribution is -2.30. The summed E-state index contributed by atoms with van der Waals surface area (Å²) in [4.78, 5) is 72.6. The van der Waals surface area contributed by atoms with Gasteiger partial charge in [0.2, 0.25) is 0 Å². The Morgan fingerprint density at radius 1 is 0.308 bits per heavy atom. The molecule has 0 saturated carbocycles. The van der Waals surface area contributed by atoms with E-state index < -0.39 is 97.5 Å². The first kappa shape index (κ1) is 89.1. The maximum Gasteiger partial charge on any atom is 0.472 e. The van der Waals surface area contributed by atoms with Crippen molar-refractivity contribution in [3.05, 3.63) is 0 Å². The van der Waals surface area contributed by atoms with Gasteiger partial charge in [0.25, 0.3) is 0 Å². The molecule has 3 N–H and O–H groups in total. The molecule has 0 bridgehead atoms. The summed E-state index contributed by atoms with van der Waals surface area (Å²) in [6, 6.07) is 0. The number of aliphatic hydroxyl groups excluding tert-OH is 1. The highest BCUT2D eigenvalue weighted by Crippen LogP contribution is 2.45. The standard InChI is InChI=1S/C72H140O17P2/c1-9-65(8)51-43-35-26-20-15-17-23-29-39-47-55-72(77)88-67(58-82-69(74)52-44-36-27-21-16-14-19-25-33-41-49-63(4)5)60-86-90(78,79)84-56-66(73)57-85-91(80,81)87-61-68(59-83-70(75)53-45-37-31-30-34-42-50-64(6)7)89-71(76)54-46-38-28-22-13-11-10-12-18-24-32-40-48-62(2)3/h62-68,73H,9-61H2,1-8H3,(H,78,79)(H,80,81)/t65?,66-,67-,68-/m1/s1. The number of phosphoric ester groups is 2. The van der Waals surface area contributed by atoms with Gasteiger partial charge in [-0.3, -0.25) is 37.3 Å². The maximum absolute atomic E-state index is 13.0. The molecular formula is C72H140O17P2. The SMILES string of the molecule is CCC(C)CCCCCCCCCCCCC(=O)O[C@H](COC(=O)CCCCCCCCCCCCC(C)C)COP(=O)(O)OC[C@@H](O)COP(=O)(O)OC[C@@H](COC(=O)CCCCCCCCC(C)C)OC(=O)CCCCCCCCCCCCCCC(C)C. The van der Waals surface area contributed by atoms with Crippen molar-refractivity contribution in [3.8, 4) is 0 Å². The van der Waals surface area contributed by atoms with Crippen LogP contribution in [0.2, 0.25) is 0 Å². The largest absolute Gasteiger partial charge is 0.472 e. The van der Waals surface area contributed by atoms with Crippen molar-refractivity contribution >= 4 is 39.5 Å². The van der Waals surface area contributed by atoms with Gasteiger partial charge in [-0.05, 0) is 49.4 Å². The molecule has 17 nitrogen and oxygen atoms in total. The van der Waals surface area contributed by atoms with Gasteiger partial charge in [-0.15, -0.1) is 0 Å². The summed E-state index contributed by atoms with van der Waals surface area (Å²) in [7, 11) is -9.91. The second kappa shape index (κ2) is 61.6. The van der Waals surface area contributed by atoms with Gasteiger partial charge in [-0.1, -0.05) is 306 Å². The summed E-state index contributed by atoms with van der Waals surface area (Å²) in [6.07, 6.45) is 44.4. The molecule has 0 aliphatic rings. The molecule has 0 rings (SSSR count). The van der Waals surface area contributed by atoms with Gasteiger partial charge in [0.15, 0.2) is 12.2 Å². The molecule has 0 amide bonds. The predicted octanol–water partition coefficient (Wildman–Crippen LogP) is 20.5. The molecule has 0 aliphatic carbocycles. The van der Waals surface area contributed by atoms with E-state index in [4.69, 9.17) is 37.0 Å². The quantitative estimate of drug-likeness (QED) is 0.0222. The molecule has 91 heavy (non-hydrogen) atoms. The minimum Gasteiger partial charge on any atom is -0.462 e. The molecule has 0 aromatic carbocycles. The van der Waals surface area contributed by atoms with Crippen LogP contribution >= 0.6 is 15.6 Å². The average molecular weight is 1340 g/mol. The Morgan fingerprint density at radius 2 is 0.527 bits per heavy atom. The fraction of sp³-hybridized carbons (Fsp3) is 0.944. The highest BCUT2D eigenvalue weighted by molar-refractivity contribution is 7.47. The molecule has 6 atom stereocenters. The Labute approximate surface area is 556 Å². The number of rotatable bonds is 69.